The fourth-order valence-corrected chi connectivity index (χ4v) is 3.76. The van der Waals surface area contributed by atoms with Crippen molar-refractivity contribution in [3.8, 4) is 22.5 Å². The van der Waals surface area contributed by atoms with Crippen LogP contribution >= 0.6 is 0 Å². The van der Waals surface area contributed by atoms with Crippen LogP contribution in [0.15, 0.2) is 118 Å². The van der Waals surface area contributed by atoms with Gasteiger partial charge in [-0.05, 0) is 23.8 Å². The predicted octanol–water partition coefficient (Wildman–Crippen LogP) is 6.87. The molecule has 0 amide bonds. The monoisotopic (exact) mass is 389 g/mol. The van der Waals surface area contributed by atoms with Gasteiger partial charge in [-0.3, -0.25) is 0 Å². The summed E-state index contributed by atoms with van der Waals surface area (Å²) in [5.74, 6) is 0.580. The average molecular weight is 389 g/mol. The van der Waals surface area contributed by atoms with E-state index in [1.165, 1.54) is 0 Å². The zero-order chi connectivity index (χ0) is 20.3. The fourth-order valence-electron chi connectivity index (χ4n) is 3.76. The quantitative estimate of drug-likeness (QED) is 0.365. The molecule has 0 aliphatic rings. The molecule has 30 heavy (non-hydrogen) atoms. The van der Waals surface area contributed by atoms with Gasteiger partial charge in [-0.1, -0.05) is 91.0 Å². The first-order valence-corrected chi connectivity index (χ1v) is 9.84. The van der Waals surface area contributed by atoms with E-state index >= 15 is 0 Å². The van der Waals surface area contributed by atoms with E-state index in [2.05, 4.69) is 5.32 Å². The Morgan fingerprint density at radius 2 is 1.20 bits per heavy atom. The number of nitrogens with one attached hydrogen (secondary N) is 1. The number of hydrogen-bond donors (Lipinski definition) is 1. The van der Waals surface area contributed by atoms with E-state index in [1.807, 2.05) is 109 Å². The van der Waals surface area contributed by atoms with E-state index in [9.17, 15) is 4.79 Å². The van der Waals surface area contributed by atoms with E-state index < -0.39 is 0 Å². The molecule has 4 aromatic carbocycles. The Hall–Kier alpha value is -4.11. The topological polar surface area (TPSA) is 42.2 Å². The number of hydrogen-bond acceptors (Lipinski definition) is 3. The van der Waals surface area contributed by atoms with Gasteiger partial charge in [-0.25, -0.2) is 4.79 Å². The lowest BCUT2D eigenvalue weighted by Gasteiger charge is -2.15. The summed E-state index contributed by atoms with van der Waals surface area (Å²) < 4.78 is 5.94. The Balaban J connectivity index is 1.82. The van der Waals surface area contributed by atoms with Gasteiger partial charge in [-0.2, -0.15) is 0 Å². The van der Waals surface area contributed by atoms with Gasteiger partial charge >= 0.3 is 5.63 Å². The Labute approximate surface area is 174 Å². The molecular formula is C27H19NO2. The van der Waals surface area contributed by atoms with Gasteiger partial charge in [0, 0.05) is 22.2 Å². The van der Waals surface area contributed by atoms with Crippen LogP contribution in [0.4, 0.5) is 11.4 Å². The fraction of sp³-hybridized carbons (Fsp3) is 0. The van der Waals surface area contributed by atoms with Crippen molar-refractivity contribution in [2.45, 2.75) is 0 Å². The second kappa shape index (κ2) is 7.72. The zero-order valence-electron chi connectivity index (χ0n) is 16.2. The molecule has 1 heterocycles. The lowest BCUT2D eigenvalue weighted by molar-refractivity contribution is 0.536. The van der Waals surface area contributed by atoms with E-state index in [1.54, 1.807) is 0 Å². The third-order valence-electron chi connectivity index (χ3n) is 5.11. The molecule has 0 saturated heterocycles. The minimum absolute atomic E-state index is 0.359. The third-order valence-corrected chi connectivity index (χ3v) is 5.11. The van der Waals surface area contributed by atoms with Gasteiger partial charge in [0.25, 0.3) is 0 Å². The molecule has 144 valence electrons. The smallest absolute Gasteiger partial charge is 0.346 e. The summed E-state index contributed by atoms with van der Waals surface area (Å²) in [6.07, 6.45) is 0. The molecule has 0 saturated carbocycles. The molecular weight excluding hydrogens is 370 g/mol. The summed E-state index contributed by atoms with van der Waals surface area (Å²) in [4.78, 5) is 13.2. The van der Waals surface area contributed by atoms with Gasteiger partial charge in [0.2, 0.25) is 0 Å². The summed E-state index contributed by atoms with van der Waals surface area (Å²) in [6, 6.07) is 35.5. The van der Waals surface area contributed by atoms with Crippen molar-refractivity contribution in [3.63, 3.8) is 0 Å². The normalized spacial score (nSPS) is 10.8. The summed E-state index contributed by atoms with van der Waals surface area (Å²) in [5.41, 5.74) is 4.07. The zero-order valence-corrected chi connectivity index (χ0v) is 16.2. The molecule has 5 aromatic rings. The van der Waals surface area contributed by atoms with E-state index in [0.717, 1.165) is 33.5 Å². The Bertz CT molecular complexity index is 1360. The average Bonchev–Trinajstić information content (AvgIpc) is 2.81. The molecule has 3 heteroatoms. The number of para-hydroxylation sites is 1. The highest BCUT2D eigenvalue weighted by Gasteiger charge is 2.19. The minimum atomic E-state index is -0.359. The van der Waals surface area contributed by atoms with Crippen molar-refractivity contribution in [3.05, 3.63) is 120 Å². The minimum Gasteiger partial charge on any atom is -0.422 e. The van der Waals surface area contributed by atoms with Gasteiger partial charge in [0.05, 0.1) is 11.1 Å². The molecule has 0 aliphatic carbocycles. The Kier molecular flexibility index (Phi) is 4.62. The molecule has 0 spiro atoms. The SMILES string of the molecule is O=c1oc(-c2ccccc2)c(-c2ccccc2)c2cccc(Nc3ccccc3)c12. The van der Waals surface area contributed by atoms with Crippen molar-refractivity contribution < 1.29 is 4.42 Å². The molecule has 0 aliphatic heterocycles. The summed E-state index contributed by atoms with van der Waals surface area (Å²) in [7, 11) is 0. The van der Waals surface area contributed by atoms with Crippen LogP contribution in [0.25, 0.3) is 33.2 Å². The number of fused-ring (bicyclic) bond motifs is 1. The van der Waals surface area contributed by atoms with Crippen molar-refractivity contribution >= 4 is 22.1 Å². The first-order chi connectivity index (χ1) is 14.8. The van der Waals surface area contributed by atoms with E-state index in [0.29, 0.717) is 11.1 Å². The van der Waals surface area contributed by atoms with Crippen molar-refractivity contribution in [2.24, 2.45) is 0 Å². The highest BCUT2D eigenvalue weighted by molar-refractivity contribution is 6.06. The van der Waals surface area contributed by atoms with Crippen molar-refractivity contribution in [2.75, 3.05) is 5.32 Å². The highest BCUT2D eigenvalue weighted by Crippen LogP contribution is 2.38. The molecule has 0 radical (unpaired) electrons. The first-order valence-electron chi connectivity index (χ1n) is 9.84. The van der Waals surface area contributed by atoms with Gasteiger partial charge in [-0.15, -0.1) is 0 Å². The van der Waals surface area contributed by atoms with Crippen molar-refractivity contribution in [1.29, 1.82) is 0 Å². The maximum atomic E-state index is 13.2. The van der Waals surface area contributed by atoms with Crippen LogP contribution in [0, 0.1) is 0 Å². The maximum absolute atomic E-state index is 13.2. The van der Waals surface area contributed by atoms with Crippen LogP contribution in [0.2, 0.25) is 0 Å². The Morgan fingerprint density at radius 1 is 0.600 bits per heavy atom. The molecule has 5 rings (SSSR count). The summed E-state index contributed by atoms with van der Waals surface area (Å²) in [5, 5.41) is 4.77. The molecule has 3 nitrogen and oxygen atoms in total. The third kappa shape index (κ3) is 3.27. The van der Waals surface area contributed by atoms with E-state index in [-0.39, 0.29) is 5.63 Å². The molecule has 1 N–H and O–H groups in total. The largest absolute Gasteiger partial charge is 0.422 e. The molecule has 0 unspecified atom stereocenters. The lowest BCUT2D eigenvalue weighted by Crippen LogP contribution is -2.06. The molecule has 0 fully saturated rings. The van der Waals surface area contributed by atoms with Crippen LogP contribution in [0.3, 0.4) is 0 Å². The lowest BCUT2D eigenvalue weighted by atomic mass is 9.95. The van der Waals surface area contributed by atoms with Gasteiger partial charge < -0.3 is 9.73 Å². The second-order valence-electron chi connectivity index (χ2n) is 7.04. The number of rotatable bonds is 4. The highest BCUT2D eigenvalue weighted by atomic mass is 16.4. The Morgan fingerprint density at radius 3 is 1.87 bits per heavy atom. The van der Waals surface area contributed by atoms with Crippen LogP contribution in [0.1, 0.15) is 0 Å². The summed E-state index contributed by atoms with van der Waals surface area (Å²) in [6.45, 7) is 0. The predicted molar refractivity (Wildman–Crippen MR) is 123 cm³/mol. The van der Waals surface area contributed by atoms with Crippen LogP contribution in [-0.4, -0.2) is 0 Å². The number of benzene rings is 4. The second-order valence-corrected chi connectivity index (χ2v) is 7.04. The standard InChI is InChI=1S/C27H19NO2/c29-27-25-22(17-10-18-23(25)28-21-15-8-3-9-16-21)24(19-11-4-1-5-12-19)26(30-27)20-13-6-2-7-14-20/h1-18,28H. The van der Waals surface area contributed by atoms with Gasteiger partial charge in [0.1, 0.15) is 5.76 Å². The molecule has 1 aromatic heterocycles. The van der Waals surface area contributed by atoms with Crippen molar-refractivity contribution in [1.82, 2.24) is 0 Å². The molecule has 0 bridgehead atoms. The number of anilines is 2. The van der Waals surface area contributed by atoms with Crippen LogP contribution < -0.4 is 10.9 Å². The maximum Gasteiger partial charge on any atom is 0.346 e. The van der Waals surface area contributed by atoms with Crippen LogP contribution in [0.5, 0.6) is 0 Å². The molecule has 0 atom stereocenters. The first kappa shape index (κ1) is 18.0. The summed E-state index contributed by atoms with van der Waals surface area (Å²) >= 11 is 0. The van der Waals surface area contributed by atoms with Gasteiger partial charge in [0.15, 0.2) is 0 Å². The van der Waals surface area contributed by atoms with Crippen LogP contribution in [-0.2, 0) is 0 Å². The van der Waals surface area contributed by atoms with E-state index in [4.69, 9.17) is 4.42 Å².